The van der Waals surface area contributed by atoms with E-state index in [0.717, 1.165) is 47.5 Å². The van der Waals surface area contributed by atoms with E-state index in [2.05, 4.69) is 25.7 Å². The van der Waals surface area contributed by atoms with E-state index in [0.29, 0.717) is 18.1 Å². The van der Waals surface area contributed by atoms with Crippen molar-refractivity contribution in [3.63, 3.8) is 0 Å². The second-order valence-corrected chi connectivity index (χ2v) is 9.08. The van der Waals surface area contributed by atoms with Gasteiger partial charge in [-0.3, -0.25) is 0 Å². The van der Waals surface area contributed by atoms with Gasteiger partial charge in [-0.05, 0) is 30.2 Å². The molecule has 1 unspecified atom stereocenters. The number of aldehydes is 1. The molecule has 1 atom stereocenters. The highest BCUT2D eigenvalue weighted by atomic mass is 35.5. The molecule has 1 aliphatic heterocycles. The van der Waals surface area contributed by atoms with Gasteiger partial charge in [0.05, 0.1) is 11.9 Å². The Bertz CT molecular complexity index is 1070. The second kappa shape index (κ2) is 7.41. The summed E-state index contributed by atoms with van der Waals surface area (Å²) in [4.78, 5) is 23.2. The van der Waals surface area contributed by atoms with Crippen LogP contribution in [0.2, 0.25) is 5.02 Å². The van der Waals surface area contributed by atoms with E-state index < -0.39 is 0 Å². The first-order chi connectivity index (χ1) is 13.8. The Balaban J connectivity index is 1.81. The van der Waals surface area contributed by atoms with E-state index in [1.54, 1.807) is 6.07 Å². The van der Waals surface area contributed by atoms with Crippen molar-refractivity contribution in [2.75, 3.05) is 18.0 Å². The van der Waals surface area contributed by atoms with E-state index in [4.69, 9.17) is 21.6 Å². The maximum atomic E-state index is 13.4. The van der Waals surface area contributed by atoms with Crippen molar-refractivity contribution in [1.29, 1.82) is 0 Å². The first-order valence-electron chi connectivity index (χ1n) is 9.78. The van der Waals surface area contributed by atoms with E-state index in [1.165, 1.54) is 12.1 Å². The molecule has 5 nitrogen and oxygen atoms in total. The van der Waals surface area contributed by atoms with Crippen LogP contribution in [0.1, 0.15) is 38.6 Å². The molecule has 0 amide bonds. The number of hydrogen-bond acceptors (Lipinski definition) is 4. The smallest absolute Gasteiger partial charge is 0.146 e. The van der Waals surface area contributed by atoms with Crippen molar-refractivity contribution >= 4 is 34.7 Å². The Morgan fingerprint density at radius 3 is 2.72 bits per heavy atom. The Kier molecular flexibility index (Phi) is 5.07. The molecule has 4 rings (SSSR count). The Hall–Kier alpha value is -2.47. The normalized spacial score (nSPS) is 17.3. The fourth-order valence-corrected chi connectivity index (χ4v) is 3.90. The number of fused-ring (bicyclic) bond motifs is 1. The number of anilines is 1. The summed E-state index contributed by atoms with van der Waals surface area (Å²) in [6.07, 6.45) is 3.83. The van der Waals surface area contributed by atoms with Gasteiger partial charge in [-0.1, -0.05) is 38.4 Å². The quantitative estimate of drug-likeness (QED) is 0.586. The molecule has 7 heteroatoms. The van der Waals surface area contributed by atoms with Crippen molar-refractivity contribution in [1.82, 2.24) is 14.5 Å². The minimum Gasteiger partial charge on any atom is -0.355 e. The third kappa shape index (κ3) is 3.86. The van der Waals surface area contributed by atoms with E-state index >= 15 is 0 Å². The van der Waals surface area contributed by atoms with Gasteiger partial charge in [0.25, 0.3) is 0 Å². The predicted octanol–water partition coefficient (Wildman–Crippen LogP) is 4.59. The summed E-state index contributed by atoms with van der Waals surface area (Å²) in [6, 6.07) is 6.44. The third-order valence-corrected chi connectivity index (χ3v) is 5.69. The van der Waals surface area contributed by atoms with Crippen molar-refractivity contribution in [3.05, 3.63) is 52.7 Å². The zero-order valence-electron chi connectivity index (χ0n) is 16.8. The van der Waals surface area contributed by atoms with Crippen molar-refractivity contribution in [3.8, 4) is 0 Å². The van der Waals surface area contributed by atoms with Gasteiger partial charge >= 0.3 is 0 Å². The van der Waals surface area contributed by atoms with Crippen LogP contribution in [0.3, 0.4) is 0 Å². The SMILES string of the molecule is CC(C)(C)c1nc(N2CCC(C=O)C2)c2ccn(Cc3ccc(F)cc3Cl)c2n1. The summed E-state index contributed by atoms with van der Waals surface area (Å²) in [7, 11) is 0. The van der Waals surface area contributed by atoms with Gasteiger partial charge in [-0.2, -0.15) is 0 Å². The maximum Gasteiger partial charge on any atom is 0.146 e. The van der Waals surface area contributed by atoms with Crippen LogP contribution in [0.4, 0.5) is 10.2 Å². The molecule has 1 aromatic carbocycles. The number of halogens is 2. The fraction of sp³-hybridized carbons (Fsp3) is 0.409. The third-order valence-electron chi connectivity index (χ3n) is 5.34. The van der Waals surface area contributed by atoms with Gasteiger partial charge in [0.15, 0.2) is 0 Å². The average Bonchev–Trinajstić information content (AvgIpc) is 3.30. The van der Waals surface area contributed by atoms with Gasteiger partial charge < -0.3 is 14.3 Å². The number of nitrogens with zero attached hydrogens (tertiary/aromatic N) is 4. The summed E-state index contributed by atoms with van der Waals surface area (Å²) in [5.74, 6) is 1.31. The fourth-order valence-electron chi connectivity index (χ4n) is 3.68. The number of carbonyl (C=O) groups is 1. The van der Waals surface area contributed by atoms with Crippen molar-refractivity contribution < 1.29 is 9.18 Å². The first-order valence-corrected chi connectivity index (χ1v) is 10.2. The highest BCUT2D eigenvalue weighted by Gasteiger charge is 2.28. The minimum atomic E-state index is -0.352. The van der Waals surface area contributed by atoms with Gasteiger partial charge in [0.1, 0.15) is 29.4 Å². The maximum absolute atomic E-state index is 13.4. The second-order valence-electron chi connectivity index (χ2n) is 8.67. The molecular weight excluding hydrogens is 391 g/mol. The molecule has 0 saturated carbocycles. The summed E-state index contributed by atoms with van der Waals surface area (Å²) >= 11 is 6.24. The Labute approximate surface area is 174 Å². The van der Waals surface area contributed by atoms with Gasteiger partial charge in [-0.25, -0.2) is 14.4 Å². The van der Waals surface area contributed by atoms with Crippen LogP contribution < -0.4 is 4.90 Å². The summed E-state index contributed by atoms with van der Waals surface area (Å²) in [5, 5.41) is 1.34. The standard InChI is InChI=1S/C22H24ClFN4O/c1-22(2,3)21-25-19(27-8-6-14(11-27)13-29)17-7-9-28(20(17)26-21)12-15-4-5-16(24)10-18(15)23/h4-5,7,9-10,13-14H,6,8,11-12H2,1-3H3. The first kappa shape index (κ1) is 19.8. The van der Waals surface area contributed by atoms with Crippen LogP contribution >= 0.6 is 11.6 Å². The number of carbonyl (C=O) groups excluding carboxylic acids is 1. The zero-order valence-corrected chi connectivity index (χ0v) is 17.6. The van der Waals surface area contributed by atoms with Gasteiger partial charge in [-0.15, -0.1) is 0 Å². The molecule has 2 aromatic heterocycles. The number of hydrogen-bond donors (Lipinski definition) is 0. The molecule has 29 heavy (non-hydrogen) atoms. The van der Waals surface area contributed by atoms with Crippen molar-refractivity contribution in [2.45, 2.75) is 39.2 Å². The molecule has 0 spiro atoms. The molecule has 0 bridgehead atoms. The molecule has 1 saturated heterocycles. The minimum absolute atomic E-state index is 0.0400. The highest BCUT2D eigenvalue weighted by Crippen LogP contribution is 2.32. The number of benzene rings is 1. The summed E-state index contributed by atoms with van der Waals surface area (Å²) in [6.45, 7) is 8.21. The molecule has 3 heterocycles. The van der Waals surface area contributed by atoms with Gasteiger partial charge in [0, 0.05) is 35.6 Å². The molecular formula is C22H24ClFN4O. The summed E-state index contributed by atoms with van der Waals surface area (Å²) in [5.41, 5.74) is 1.41. The van der Waals surface area contributed by atoms with Crippen LogP contribution in [0.15, 0.2) is 30.5 Å². The van der Waals surface area contributed by atoms with Crippen LogP contribution in [0, 0.1) is 11.7 Å². The molecule has 0 radical (unpaired) electrons. The van der Waals surface area contributed by atoms with Gasteiger partial charge in [0.2, 0.25) is 0 Å². The van der Waals surface area contributed by atoms with Crippen LogP contribution in [0.5, 0.6) is 0 Å². The molecule has 0 aliphatic carbocycles. The average molecular weight is 415 g/mol. The zero-order chi connectivity index (χ0) is 20.8. The lowest BCUT2D eigenvalue weighted by atomic mass is 9.95. The highest BCUT2D eigenvalue weighted by molar-refractivity contribution is 6.31. The Morgan fingerprint density at radius 1 is 1.28 bits per heavy atom. The lowest BCUT2D eigenvalue weighted by molar-refractivity contribution is -0.110. The molecule has 3 aromatic rings. The summed E-state index contributed by atoms with van der Waals surface area (Å²) < 4.78 is 15.4. The molecule has 0 N–H and O–H groups in total. The predicted molar refractivity (Wildman–Crippen MR) is 113 cm³/mol. The molecule has 1 aliphatic rings. The molecule has 1 fully saturated rings. The van der Waals surface area contributed by atoms with E-state index in [9.17, 15) is 9.18 Å². The van der Waals surface area contributed by atoms with E-state index in [1.807, 2.05) is 16.8 Å². The van der Waals surface area contributed by atoms with Crippen LogP contribution in [-0.2, 0) is 16.8 Å². The molecule has 152 valence electrons. The number of aromatic nitrogens is 3. The van der Waals surface area contributed by atoms with Crippen LogP contribution in [-0.4, -0.2) is 33.9 Å². The van der Waals surface area contributed by atoms with E-state index in [-0.39, 0.29) is 17.2 Å². The number of rotatable bonds is 4. The lowest BCUT2D eigenvalue weighted by Crippen LogP contribution is -2.24. The monoisotopic (exact) mass is 414 g/mol. The van der Waals surface area contributed by atoms with Crippen molar-refractivity contribution in [2.24, 2.45) is 5.92 Å². The van der Waals surface area contributed by atoms with Crippen LogP contribution in [0.25, 0.3) is 11.0 Å². The lowest BCUT2D eigenvalue weighted by Gasteiger charge is -2.23. The topological polar surface area (TPSA) is 51.0 Å². The largest absolute Gasteiger partial charge is 0.355 e. The Morgan fingerprint density at radius 2 is 2.07 bits per heavy atom.